The van der Waals surface area contributed by atoms with Crippen LogP contribution in [0.2, 0.25) is 0 Å². The molecule has 0 saturated carbocycles. The Morgan fingerprint density at radius 2 is 1.74 bits per heavy atom. The number of nitrogens with zero attached hydrogens (tertiary/aromatic N) is 1. The molecular formula is C11H9N3O5. The third-order valence-electron chi connectivity index (χ3n) is 1.93. The van der Waals surface area contributed by atoms with Crippen molar-refractivity contribution in [2.75, 3.05) is 0 Å². The van der Waals surface area contributed by atoms with E-state index < -0.39 is 10.6 Å². The Morgan fingerprint density at radius 3 is 2.11 bits per heavy atom. The Morgan fingerprint density at radius 1 is 1.11 bits per heavy atom. The molecule has 0 amide bonds. The monoisotopic (exact) mass is 263 g/mol. The fourth-order valence-electron chi connectivity index (χ4n) is 1.06. The Bertz CT molecular complexity index is 646. The quantitative estimate of drug-likeness (QED) is 0.462. The van der Waals surface area contributed by atoms with Crippen molar-refractivity contribution in [3.05, 3.63) is 73.0 Å². The second-order valence-corrected chi connectivity index (χ2v) is 3.26. The van der Waals surface area contributed by atoms with Crippen LogP contribution in [-0.4, -0.2) is 21.2 Å². The fourth-order valence-corrected chi connectivity index (χ4v) is 1.06. The summed E-state index contributed by atoms with van der Waals surface area (Å²) in [4.78, 5) is 44.4. The molecule has 0 fully saturated rings. The van der Waals surface area contributed by atoms with Crippen molar-refractivity contribution in [1.82, 2.24) is 9.97 Å². The summed E-state index contributed by atoms with van der Waals surface area (Å²) >= 11 is 0. The molecule has 1 heterocycles. The van der Waals surface area contributed by atoms with Gasteiger partial charge < -0.3 is 4.98 Å². The number of aldehydes is 1. The number of nitrogens with one attached hydrogen (secondary N) is 2. The van der Waals surface area contributed by atoms with Crippen LogP contribution in [0.3, 0.4) is 0 Å². The van der Waals surface area contributed by atoms with E-state index in [0.29, 0.717) is 11.8 Å². The summed E-state index contributed by atoms with van der Waals surface area (Å²) < 4.78 is 0. The van der Waals surface area contributed by atoms with Crippen LogP contribution in [-0.2, 0) is 0 Å². The average Bonchev–Trinajstić information content (AvgIpc) is 2.39. The summed E-state index contributed by atoms with van der Waals surface area (Å²) in [7, 11) is 0. The molecule has 0 bridgehead atoms. The molecule has 1 aromatic heterocycles. The van der Waals surface area contributed by atoms with Crippen LogP contribution in [0, 0.1) is 10.1 Å². The lowest BCUT2D eigenvalue weighted by atomic mass is 10.2. The van der Waals surface area contributed by atoms with Gasteiger partial charge in [-0.3, -0.25) is 24.7 Å². The first-order valence-corrected chi connectivity index (χ1v) is 5.00. The third kappa shape index (κ3) is 4.77. The molecule has 0 saturated heterocycles. The van der Waals surface area contributed by atoms with Gasteiger partial charge in [0.2, 0.25) is 0 Å². The molecule has 98 valence electrons. The predicted octanol–water partition coefficient (Wildman–Crippen LogP) is 0.470. The topological polar surface area (TPSA) is 126 Å². The second-order valence-electron chi connectivity index (χ2n) is 3.26. The maximum absolute atomic E-state index is 10.2. The third-order valence-corrected chi connectivity index (χ3v) is 1.93. The zero-order valence-corrected chi connectivity index (χ0v) is 9.53. The van der Waals surface area contributed by atoms with Gasteiger partial charge in [0.15, 0.2) is 0 Å². The average molecular weight is 263 g/mol. The number of nitro benzene ring substituents is 1. The molecule has 0 aliphatic heterocycles. The standard InChI is InChI=1S/C7H5NO3.C4H4N2O2/c9-5-6-1-3-7(4-2-6)8(10)11;7-3-1-2-5-4(8)6-3/h1-5H;1-2H,(H2,5,6,7,8). The smallest absolute Gasteiger partial charge is 0.314 e. The van der Waals surface area contributed by atoms with Crippen molar-refractivity contribution in [2.24, 2.45) is 0 Å². The van der Waals surface area contributed by atoms with Crippen molar-refractivity contribution >= 4 is 12.0 Å². The number of hydrogen-bond donors (Lipinski definition) is 2. The number of H-pyrrole nitrogens is 2. The van der Waals surface area contributed by atoms with Crippen molar-refractivity contribution in [1.29, 1.82) is 0 Å². The van der Waals surface area contributed by atoms with Gasteiger partial charge >= 0.3 is 5.69 Å². The normalized spacial score (nSPS) is 9.05. The van der Waals surface area contributed by atoms with Crippen LogP contribution in [0.25, 0.3) is 0 Å². The van der Waals surface area contributed by atoms with E-state index in [1.807, 2.05) is 4.98 Å². The Kier molecular flexibility index (Phi) is 4.91. The van der Waals surface area contributed by atoms with Crippen molar-refractivity contribution < 1.29 is 9.72 Å². The maximum Gasteiger partial charge on any atom is 0.325 e. The van der Waals surface area contributed by atoms with E-state index in [1.165, 1.54) is 36.5 Å². The zero-order chi connectivity index (χ0) is 14.3. The zero-order valence-electron chi connectivity index (χ0n) is 9.53. The number of non-ortho nitro benzene ring substituents is 1. The Hall–Kier alpha value is -3.03. The lowest BCUT2D eigenvalue weighted by Crippen LogP contribution is -2.19. The summed E-state index contributed by atoms with van der Waals surface area (Å²) in [6.45, 7) is 0. The molecule has 2 rings (SSSR count). The Balaban J connectivity index is 0.000000200. The maximum atomic E-state index is 10.2. The van der Waals surface area contributed by atoms with E-state index in [-0.39, 0.29) is 11.2 Å². The van der Waals surface area contributed by atoms with Gasteiger partial charge in [0.25, 0.3) is 11.2 Å². The molecule has 0 aliphatic rings. The number of carbonyl (C=O) groups excluding carboxylic acids is 1. The number of carbonyl (C=O) groups is 1. The molecule has 0 spiro atoms. The van der Waals surface area contributed by atoms with Crippen LogP contribution in [0.1, 0.15) is 10.4 Å². The minimum atomic E-state index is -0.505. The molecule has 0 radical (unpaired) electrons. The fraction of sp³-hybridized carbons (Fsp3) is 0. The molecule has 19 heavy (non-hydrogen) atoms. The first-order chi connectivity index (χ1) is 9.02. The number of benzene rings is 1. The number of aromatic amines is 2. The molecule has 0 unspecified atom stereocenters. The summed E-state index contributed by atoms with van der Waals surface area (Å²) in [6.07, 6.45) is 1.94. The molecular weight excluding hydrogens is 254 g/mol. The van der Waals surface area contributed by atoms with Crippen molar-refractivity contribution in [2.45, 2.75) is 0 Å². The van der Waals surface area contributed by atoms with E-state index in [4.69, 9.17) is 0 Å². The van der Waals surface area contributed by atoms with Gasteiger partial charge in [-0.2, -0.15) is 0 Å². The van der Waals surface area contributed by atoms with Gasteiger partial charge in [-0.25, -0.2) is 4.79 Å². The van der Waals surface area contributed by atoms with Gasteiger partial charge in [0, 0.05) is 30.0 Å². The van der Waals surface area contributed by atoms with Crippen LogP contribution in [0.4, 0.5) is 5.69 Å². The molecule has 2 aromatic rings. The minimum Gasteiger partial charge on any atom is -0.314 e. The number of hydrogen-bond acceptors (Lipinski definition) is 5. The van der Waals surface area contributed by atoms with Crippen LogP contribution in [0.5, 0.6) is 0 Å². The SMILES string of the molecule is O=Cc1ccc([N+](=O)[O-])cc1.O=c1cc[nH]c(=O)[nH]1. The minimum absolute atomic E-state index is 0.00407. The van der Waals surface area contributed by atoms with Crippen LogP contribution in [0.15, 0.2) is 46.1 Å². The van der Waals surface area contributed by atoms with E-state index >= 15 is 0 Å². The number of rotatable bonds is 2. The molecule has 8 heteroatoms. The van der Waals surface area contributed by atoms with Gasteiger partial charge in [-0.05, 0) is 12.1 Å². The highest BCUT2D eigenvalue weighted by atomic mass is 16.6. The molecule has 8 nitrogen and oxygen atoms in total. The number of aromatic nitrogens is 2. The first kappa shape index (κ1) is 14.0. The predicted molar refractivity (Wildman–Crippen MR) is 66.2 cm³/mol. The highest BCUT2D eigenvalue weighted by Crippen LogP contribution is 2.09. The lowest BCUT2D eigenvalue weighted by Gasteiger charge is -1.89. The molecule has 0 atom stereocenters. The van der Waals surface area contributed by atoms with Gasteiger partial charge in [-0.15, -0.1) is 0 Å². The Labute approximate surface area is 105 Å². The summed E-state index contributed by atoms with van der Waals surface area (Å²) in [5, 5.41) is 10.1. The lowest BCUT2D eigenvalue weighted by molar-refractivity contribution is -0.384. The summed E-state index contributed by atoms with van der Waals surface area (Å²) in [5.41, 5.74) is -0.419. The molecule has 2 N–H and O–H groups in total. The summed E-state index contributed by atoms with van der Waals surface area (Å²) in [6, 6.07) is 6.64. The van der Waals surface area contributed by atoms with Crippen LogP contribution < -0.4 is 11.2 Å². The van der Waals surface area contributed by atoms with E-state index in [1.54, 1.807) is 0 Å². The van der Waals surface area contributed by atoms with Gasteiger partial charge in [0.1, 0.15) is 6.29 Å². The number of nitro groups is 1. The molecule has 0 aliphatic carbocycles. The van der Waals surface area contributed by atoms with Crippen LogP contribution >= 0.6 is 0 Å². The highest BCUT2D eigenvalue weighted by Gasteiger charge is 2.02. The van der Waals surface area contributed by atoms with E-state index in [2.05, 4.69) is 4.98 Å². The van der Waals surface area contributed by atoms with Crippen molar-refractivity contribution in [3.8, 4) is 0 Å². The molecule has 1 aromatic carbocycles. The van der Waals surface area contributed by atoms with E-state index in [9.17, 15) is 24.5 Å². The van der Waals surface area contributed by atoms with Gasteiger partial charge in [-0.1, -0.05) is 0 Å². The van der Waals surface area contributed by atoms with E-state index in [0.717, 1.165) is 0 Å². The van der Waals surface area contributed by atoms with Gasteiger partial charge in [0.05, 0.1) is 4.92 Å². The summed E-state index contributed by atoms with van der Waals surface area (Å²) in [5.74, 6) is 0. The first-order valence-electron chi connectivity index (χ1n) is 5.00. The highest BCUT2D eigenvalue weighted by molar-refractivity contribution is 5.75. The van der Waals surface area contributed by atoms with Crippen molar-refractivity contribution in [3.63, 3.8) is 0 Å². The second kappa shape index (κ2) is 6.64. The largest absolute Gasteiger partial charge is 0.325 e.